The maximum absolute atomic E-state index is 12.2. The molecule has 0 atom stereocenters. The van der Waals surface area contributed by atoms with Crippen LogP contribution in [-0.4, -0.2) is 34.1 Å². The molecule has 1 aromatic rings. The van der Waals surface area contributed by atoms with Gasteiger partial charge in [0.05, 0.1) is 12.2 Å². The number of nitrogens with zero attached hydrogens (tertiary/aromatic N) is 3. The van der Waals surface area contributed by atoms with Gasteiger partial charge in [0.2, 0.25) is 0 Å². The van der Waals surface area contributed by atoms with Crippen molar-refractivity contribution in [2.45, 2.75) is 25.7 Å². The van der Waals surface area contributed by atoms with Crippen molar-refractivity contribution < 1.29 is 13.2 Å². The van der Waals surface area contributed by atoms with E-state index >= 15 is 0 Å². The Morgan fingerprint density at radius 2 is 2.12 bits per heavy atom. The standard InChI is InChI=1S/C10H13F3N4/c11-10(12,13)6-17-4-7-3-15-9(1-2-14)16-8(7)5-17/h3H,1-2,4-6,14H2. The van der Waals surface area contributed by atoms with Gasteiger partial charge in [-0.25, -0.2) is 9.97 Å². The predicted molar refractivity (Wildman–Crippen MR) is 55.0 cm³/mol. The van der Waals surface area contributed by atoms with Crippen LogP contribution in [-0.2, 0) is 19.5 Å². The van der Waals surface area contributed by atoms with E-state index in [1.807, 2.05) is 0 Å². The van der Waals surface area contributed by atoms with Crippen LogP contribution in [0.3, 0.4) is 0 Å². The number of halogens is 3. The summed E-state index contributed by atoms with van der Waals surface area (Å²) in [6.45, 7) is 0.0211. The molecule has 2 heterocycles. The number of hydrogen-bond acceptors (Lipinski definition) is 4. The van der Waals surface area contributed by atoms with Crippen LogP contribution in [0.4, 0.5) is 13.2 Å². The van der Waals surface area contributed by atoms with Gasteiger partial charge < -0.3 is 5.73 Å². The van der Waals surface area contributed by atoms with Gasteiger partial charge in [-0.05, 0) is 6.54 Å². The van der Waals surface area contributed by atoms with Gasteiger partial charge >= 0.3 is 6.18 Å². The number of hydrogen-bond donors (Lipinski definition) is 1. The number of aromatic nitrogens is 2. The van der Waals surface area contributed by atoms with E-state index in [-0.39, 0.29) is 13.1 Å². The van der Waals surface area contributed by atoms with E-state index in [0.29, 0.717) is 24.5 Å². The molecule has 0 amide bonds. The van der Waals surface area contributed by atoms with E-state index in [1.165, 1.54) is 4.90 Å². The molecule has 0 bridgehead atoms. The first-order valence-electron chi connectivity index (χ1n) is 5.31. The molecule has 2 rings (SSSR count). The topological polar surface area (TPSA) is 55.0 Å². The maximum atomic E-state index is 12.2. The summed E-state index contributed by atoms with van der Waals surface area (Å²) in [6.07, 6.45) is -2.02. The Morgan fingerprint density at radius 3 is 2.76 bits per heavy atom. The molecule has 4 nitrogen and oxygen atoms in total. The fraction of sp³-hybridized carbons (Fsp3) is 0.600. The Kier molecular flexibility index (Phi) is 3.30. The van der Waals surface area contributed by atoms with Crippen molar-refractivity contribution in [2.75, 3.05) is 13.1 Å². The van der Waals surface area contributed by atoms with Crippen LogP contribution in [0.15, 0.2) is 6.20 Å². The minimum atomic E-state index is -4.17. The molecular weight excluding hydrogens is 233 g/mol. The lowest BCUT2D eigenvalue weighted by Gasteiger charge is -2.16. The highest BCUT2D eigenvalue weighted by atomic mass is 19.4. The smallest absolute Gasteiger partial charge is 0.330 e. The number of alkyl halides is 3. The summed E-state index contributed by atoms with van der Waals surface area (Å²) in [6, 6.07) is 0. The number of rotatable bonds is 3. The second-order valence-electron chi connectivity index (χ2n) is 4.06. The fourth-order valence-electron chi connectivity index (χ4n) is 1.88. The maximum Gasteiger partial charge on any atom is 0.401 e. The van der Waals surface area contributed by atoms with E-state index in [2.05, 4.69) is 9.97 Å². The minimum absolute atomic E-state index is 0.231. The first kappa shape index (κ1) is 12.3. The molecule has 17 heavy (non-hydrogen) atoms. The Bertz CT molecular complexity index is 405. The predicted octanol–water partition coefficient (Wildman–Crippen LogP) is 0.856. The molecule has 0 spiro atoms. The second-order valence-corrected chi connectivity index (χ2v) is 4.06. The Balaban J connectivity index is 2.06. The summed E-state index contributed by atoms with van der Waals surface area (Å²) < 4.78 is 36.7. The molecule has 0 aromatic carbocycles. The molecule has 2 N–H and O–H groups in total. The summed E-state index contributed by atoms with van der Waals surface area (Å²) in [5.74, 6) is 0.597. The Hall–Kier alpha value is -1.21. The van der Waals surface area contributed by atoms with Crippen LogP contribution < -0.4 is 5.73 Å². The van der Waals surface area contributed by atoms with Gasteiger partial charge in [0, 0.05) is 31.3 Å². The average molecular weight is 246 g/mol. The molecule has 0 aliphatic carbocycles. The molecule has 0 unspecified atom stereocenters. The average Bonchev–Trinajstić information content (AvgIpc) is 2.56. The third kappa shape index (κ3) is 3.13. The molecule has 7 heteroatoms. The van der Waals surface area contributed by atoms with Crippen molar-refractivity contribution in [3.63, 3.8) is 0 Å². The largest absolute Gasteiger partial charge is 0.401 e. The number of fused-ring (bicyclic) bond motifs is 1. The third-order valence-corrected chi connectivity index (χ3v) is 2.54. The van der Waals surface area contributed by atoms with E-state index < -0.39 is 12.7 Å². The van der Waals surface area contributed by atoms with Crippen molar-refractivity contribution in [3.8, 4) is 0 Å². The Labute approximate surface area is 96.7 Å². The quantitative estimate of drug-likeness (QED) is 0.859. The summed E-state index contributed by atoms with van der Waals surface area (Å²) in [5, 5.41) is 0. The molecule has 0 radical (unpaired) electrons. The van der Waals surface area contributed by atoms with Crippen molar-refractivity contribution >= 4 is 0 Å². The van der Waals surface area contributed by atoms with Gasteiger partial charge in [0.15, 0.2) is 0 Å². The highest BCUT2D eigenvalue weighted by molar-refractivity contribution is 5.22. The van der Waals surface area contributed by atoms with Crippen molar-refractivity contribution in [1.29, 1.82) is 0 Å². The molecule has 1 aliphatic rings. The SMILES string of the molecule is NCCc1ncc2c(n1)CN(CC(F)(F)F)C2. The van der Waals surface area contributed by atoms with Crippen LogP contribution in [0, 0.1) is 0 Å². The van der Waals surface area contributed by atoms with E-state index in [4.69, 9.17) is 5.73 Å². The summed E-state index contributed by atoms with van der Waals surface area (Å²) in [4.78, 5) is 9.61. The zero-order valence-corrected chi connectivity index (χ0v) is 9.17. The van der Waals surface area contributed by atoms with Gasteiger partial charge in [-0.15, -0.1) is 0 Å². The summed E-state index contributed by atoms with van der Waals surface area (Å²) in [7, 11) is 0. The van der Waals surface area contributed by atoms with Gasteiger partial charge in [-0.3, -0.25) is 4.90 Å². The third-order valence-electron chi connectivity index (χ3n) is 2.54. The molecule has 1 aromatic heterocycles. The van der Waals surface area contributed by atoms with Crippen LogP contribution >= 0.6 is 0 Å². The second kappa shape index (κ2) is 4.58. The summed E-state index contributed by atoms with van der Waals surface area (Å²) in [5.41, 5.74) is 6.84. The Morgan fingerprint density at radius 1 is 1.35 bits per heavy atom. The zero-order valence-electron chi connectivity index (χ0n) is 9.17. The monoisotopic (exact) mass is 246 g/mol. The fourth-order valence-corrected chi connectivity index (χ4v) is 1.88. The lowest BCUT2D eigenvalue weighted by molar-refractivity contribution is -0.147. The van der Waals surface area contributed by atoms with Gasteiger partial charge in [0.1, 0.15) is 5.82 Å². The summed E-state index contributed by atoms with van der Waals surface area (Å²) >= 11 is 0. The zero-order chi connectivity index (χ0) is 12.5. The number of nitrogens with two attached hydrogens (primary N) is 1. The molecule has 1 aliphatic heterocycles. The van der Waals surface area contributed by atoms with E-state index in [9.17, 15) is 13.2 Å². The molecule has 0 saturated heterocycles. The van der Waals surface area contributed by atoms with Crippen LogP contribution in [0.1, 0.15) is 17.1 Å². The van der Waals surface area contributed by atoms with Crippen molar-refractivity contribution in [3.05, 3.63) is 23.3 Å². The highest BCUT2D eigenvalue weighted by Crippen LogP contribution is 2.25. The van der Waals surface area contributed by atoms with Crippen LogP contribution in [0.2, 0.25) is 0 Å². The lowest BCUT2D eigenvalue weighted by Crippen LogP contribution is -2.30. The molecule has 0 fully saturated rings. The van der Waals surface area contributed by atoms with Gasteiger partial charge in [-0.2, -0.15) is 13.2 Å². The molecular formula is C10H13F3N4. The minimum Gasteiger partial charge on any atom is -0.330 e. The van der Waals surface area contributed by atoms with Gasteiger partial charge in [0.25, 0.3) is 0 Å². The van der Waals surface area contributed by atoms with Crippen molar-refractivity contribution in [2.24, 2.45) is 5.73 Å². The molecule has 0 saturated carbocycles. The van der Waals surface area contributed by atoms with E-state index in [0.717, 1.165) is 5.56 Å². The lowest BCUT2D eigenvalue weighted by atomic mass is 10.2. The van der Waals surface area contributed by atoms with E-state index in [1.54, 1.807) is 6.20 Å². The van der Waals surface area contributed by atoms with Crippen molar-refractivity contribution in [1.82, 2.24) is 14.9 Å². The highest BCUT2D eigenvalue weighted by Gasteiger charge is 2.33. The molecule has 94 valence electrons. The van der Waals surface area contributed by atoms with Crippen LogP contribution in [0.25, 0.3) is 0 Å². The first-order chi connectivity index (χ1) is 7.98. The first-order valence-corrected chi connectivity index (χ1v) is 5.31. The van der Waals surface area contributed by atoms with Gasteiger partial charge in [-0.1, -0.05) is 0 Å². The van der Waals surface area contributed by atoms with Crippen LogP contribution in [0.5, 0.6) is 0 Å². The normalized spacial score (nSPS) is 16.2.